The lowest BCUT2D eigenvalue weighted by Gasteiger charge is -2.09. The van der Waals surface area contributed by atoms with Gasteiger partial charge in [0.25, 0.3) is 0 Å². The highest BCUT2D eigenvalue weighted by molar-refractivity contribution is 5.85. The third-order valence-corrected chi connectivity index (χ3v) is 2.44. The molecule has 0 unspecified atom stereocenters. The first kappa shape index (κ1) is 13.5. The summed E-state index contributed by atoms with van der Waals surface area (Å²) in [4.78, 5) is 18.6. The Kier molecular flexibility index (Phi) is 4.28. The predicted molar refractivity (Wildman–Crippen MR) is 75.0 cm³/mol. The van der Waals surface area contributed by atoms with Gasteiger partial charge in [-0.25, -0.2) is 14.8 Å². The molecule has 0 saturated heterocycles. The average Bonchev–Trinajstić information content (AvgIpc) is 2.47. The van der Waals surface area contributed by atoms with Crippen LogP contribution in [0.5, 0.6) is 5.75 Å². The lowest BCUT2D eigenvalue weighted by Crippen LogP contribution is -1.99. The largest absolute Gasteiger partial charge is 0.495 e. The van der Waals surface area contributed by atoms with Crippen molar-refractivity contribution in [2.24, 2.45) is 0 Å². The van der Waals surface area contributed by atoms with Crippen molar-refractivity contribution in [3.05, 3.63) is 48.3 Å². The number of ether oxygens (including phenoxy) is 1. The number of aromatic nitrogens is 2. The van der Waals surface area contributed by atoms with Crippen LogP contribution in [-0.2, 0) is 4.79 Å². The Hall–Kier alpha value is -2.89. The summed E-state index contributed by atoms with van der Waals surface area (Å²) in [5, 5.41) is 11.6. The zero-order valence-corrected chi connectivity index (χ0v) is 10.8. The van der Waals surface area contributed by atoms with Gasteiger partial charge in [-0.1, -0.05) is 12.1 Å². The van der Waals surface area contributed by atoms with Gasteiger partial charge in [-0.05, 0) is 18.2 Å². The maximum absolute atomic E-state index is 10.4. The standard InChI is InChI=1S/C14H13N3O3/c1-20-12-5-3-2-4-11(12)17-14-15-8-10(9-16-14)6-7-13(18)19/h2-9H,1H3,(H,18,19)(H,15,16,17)/b7-6+. The first-order chi connectivity index (χ1) is 9.69. The Bertz CT molecular complexity index is 624. The minimum atomic E-state index is -1.01. The summed E-state index contributed by atoms with van der Waals surface area (Å²) < 4.78 is 5.21. The Morgan fingerprint density at radius 2 is 2.00 bits per heavy atom. The molecule has 6 heteroatoms. The maximum atomic E-state index is 10.4. The molecule has 2 N–H and O–H groups in total. The molecule has 102 valence electrons. The third kappa shape index (κ3) is 3.55. The molecule has 1 aromatic heterocycles. The number of anilines is 2. The minimum absolute atomic E-state index is 0.405. The Balaban J connectivity index is 2.13. The van der Waals surface area contributed by atoms with E-state index in [-0.39, 0.29) is 0 Å². The minimum Gasteiger partial charge on any atom is -0.495 e. The fourth-order valence-electron chi connectivity index (χ4n) is 1.52. The Morgan fingerprint density at radius 1 is 1.30 bits per heavy atom. The van der Waals surface area contributed by atoms with Gasteiger partial charge in [0, 0.05) is 24.0 Å². The number of carbonyl (C=O) groups is 1. The van der Waals surface area contributed by atoms with E-state index in [1.807, 2.05) is 24.3 Å². The normalized spacial score (nSPS) is 10.4. The number of nitrogens with zero attached hydrogens (tertiary/aromatic N) is 2. The maximum Gasteiger partial charge on any atom is 0.328 e. The second-order valence-electron chi connectivity index (χ2n) is 3.84. The van der Waals surface area contributed by atoms with Gasteiger partial charge in [0.1, 0.15) is 5.75 Å². The molecule has 6 nitrogen and oxygen atoms in total. The number of hydrogen-bond donors (Lipinski definition) is 2. The van der Waals surface area contributed by atoms with Gasteiger partial charge in [0.2, 0.25) is 5.95 Å². The van der Waals surface area contributed by atoms with E-state index >= 15 is 0 Å². The van der Waals surface area contributed by atoms with Crippen LogP contribution < -0.4 is 10.1 Å². The van der Waals surface area contributed by atoms with Gasteiger partial charge in [-0.2, -0.15) is 0 Å². The molecule has 1 heterocycles. The van der Waals surface area contributed by atoms with Gasteiger partial charge in [-0.3, -0.25) is 0 Å². The van der Waals surface area contributed by atoms with Crippen LogP contribution in [0.2, 0.25) is 0 Å². The SMILES string of the molecule is COc1ccccc1Nc1ncc(/C=C/C(=O)O)cn1. The summed E-state index contributed by atoms with van der Waals surface area (Å²) in [5.74, 6) is 0.0779. The molecule has 2 aromatic rings. The van der Waals surface area contributed by atoms with Crippen molar-refractivity contribution in [1.29, 1.82) is 0 Å². The van der Waals surface area contributed by atoms with Crippen molar-refractivity contribution in [2.75, 3.05) is 12.4 Å². The lowest BCUT2D eigenvalue weighted by molar-refractivity contribution is -0.131. The summed E-state index contributed by atoms with van der Waals surface area (Å²) in [5.41, 5.74) is 1.36. The number of methoxy groups -OCH3 is 1. The summed E-state index contributed by atoms with van der Waals surface area (Å²) in [6.07, 6.45) is 5.52. The van der Waals surface area contributed by atoms with E-state index < -0.39 is 5.97 Å². The molecule has 0 aliphatic rings. The molecule has 0 radical (unpaired) electrons. The van der Waals surface area contributed by atoms with E-state index in [0.717, 1.165) is 11.8 Å². The van der Waals surface area contributed by atoms with Crippen LogP contribution in [0.1, 0.15) is 5.56 Å². The zero-order valence-electron chi connectivity index (χ0n) is 10.8. The molecule has 0 atom stereocenters. The predicted octanol–water partition coefficient (Wildman–Crippen LogP) is 2.33. The van der Waals surface area contributed by atoms with Gasteiger partial charge in [0.05, 0.1) is 12.8 Å². The molecule has 1 aromatic carbocycles. The molecule has 20 heavy (non-hydrogen) atoms. The van der Waals surface area contributed by atoms with Crippen LogP contribution in [0, 0.1) is 0 Å². The molecule has 0 fully saturated rings. The van der Waals surface area contributed by atoms with E-state index in [2.05, 4.69) is 15.3 Å². The van der Waals surface area contributed by atoms with Crippen molar-refractivity contribution in [3.63, 3.8) is 0 Å². The quantitative estimate of drug-likeness (QED) is 0.812. The van der Waals surface area contributed by atoms with Crippen molar-refractivity contribution in [1.82, 2.24) is 9.97 Å². The number of aliphatic carboxylic acids is 1. The Morgan fingerprint density at radius 3 is 2.65 bits per heavy atom. The first-order valence-electron chi connectivity index (χ1n) is 5.82. The van der Waals surface area contributed by atoms with Crippen LogP contribution in [0.4, 0.5) is 11.6 Å². The van der Waals surface area contributed by atoms with Gasteiger partial charge >= 0.3 is 5.97 Å². The average molecular weight is 271 g/mol. The molecule has 0 amide bonds. The zero-order chi connectivity index (χ0) is 14.4. The molecule has 0 saturated carbocycles. The van der Waals surface area contributed by atoms with Crippen molar-refractivity contribution < 1.29 is 14.6 Å². The molecular weight excluding hydrogens is 258 g/mol. The number of benzene rings is 1. The summed E-state index contributed by atoms with van der Waals surface area (Å²) >= 11 is 0. The summed E-state index contributed by atoms with van der Waals surface area (Å²) in [6, 6.07) is 7.41. The summed E-state index contributed by atoms with van der Waals surface area (Å²) in [6.45, 7) is 0. The number of rotatable bonds is 5. The fraction of sp³-hybridized carbons (Fsp3) is 0.0714. The molecule has 2 rings (SSSR count). The van der Waals surface area contributed by atoms with E-state index in [1.54, 1.807) is 7.11 Å². The number of hydrogen-bond acceptors (Lipinski definition) is 5. The van der Waals surface area contributed by atoms with Gasteiger partial charge in [-0.15, -0.1) is 0 Å². The molecule has 0 bridgehead atoms. The van der Waals surface area contributed by atoms with Gasteiger partial charge < -0.3 is 15.2 Å². The van der Waals surface area contributed by atoms with Gasteiger partial charge in [0.15, 0.2) is 0 Å². The number of nitrogens with one attached hydrogen (secondary N) is 1. The topological polar surface area (TPSA) is 84.3 Å². The lowest BCUT2D eigenvalue weighted by atomic mass is 10.3. The number of carboxylic acid groups (broad SMARTS) is 1. The van der Waals surface area contributed by atoms with Crippen LogP contribution in [0.15, 0.2) is 42.7 Å². The monoisotopic (exact) mass is 271 g/mol. The number of para-hydroxylation sites is 2. The highest BCUT2D eigenvalue weighted by Crippen LogP contribution is 2.25. The van der Waals surface area contributed by atoms with Crippen molar-refractivity contribution >= 4 is 23.7 Å². The molecule has 0 aliphatic carbocycles. The van der Waals surface area contributed by atoms with Crippen molar-refractivity contribution in [3.8, 4) is 5.75 Å². The highest BCUT2D eigenvalue weighted by atomic mass is 16.5. The van der Waals surface area contributed by atoms with E-state index in [0.29, 0.717) is 17.3 Å². The second-order valence-corrected chi connectivity index (χ2v) is 3.84. The molecule has 0 aliphatic heterocycles. The van der Waals surface area contributed by atoms with E-state index in [4.69, 9.17) is 9.84 Å². The van der Waals surface area contributed by atoms with E-state index in [9.17, 15) is 4.79 Å². The smallest absolute Gasteiger partial charge is 0.328 e. The number of carboxylic acids is 1. The van der Waals surface area contributed by atoms with Crippen molar-refractivity contribution in [2.45, 2.75) is 0 Å². The van der Waals surface area contributed by atoms with Crippen LogP contribution in [-0.4, -0.2) is 28.2 Å². The molecule has 0 spiro atoms. The molecular formula is C14H13N3O3. The fourth-order valence-corrected chi connectivity index (χ4v) is 1.52. The van der Waals surface area contributed by atoms with Crippen LogP contribution in [0.3, 0.4) is 0 Å². The van der Waals surface area contributed by atoms with Crippen LogP contribution >= 0.6 is 0 Å². The third-order valence-electron chi connectivity index (χ3n) is 2.44. The first-order valence-corrected chi connectivity index (χ1v) is 5.82. The van der Waals surface area contributed by atoms with Crippen LogP contribution in [0.25, 0.3) is 6.08 Å². The summed E-state index contributed by atoms with van der Waals surface area (Å²) in [7, 11) is 1.58. The second kappa shape index (κ2) is 6.33. The highest BCUT2D eigenvalue weighted by Gasteiger charge is 2.03. The Labute approximate surface area is 115 Å². The van der Waals surface area contributed by atoms with E-state index in [1.165, 1.54) is 18.5 Å².